The zero-order valence-corrected chi connectivity index (χ0v) is 25.6. The lowest BCUT2D eigenvalue weighted by molar-refractivity contribution is 0.0980. The molecule has 42 heavy (non-hydrogen) atoms. The van der Waals surface area contributed by atoms with Crippen LogP contribution in [0.25, 0.3) is 10.9 Å². The summed E-state index contributed by atoms with van der Waals surface area (Å²) < 4.78 is 4.37. The maximum atomic E-state index is 13.7. The van der Waals surface area contributed by atoms with Crippen LogP contribution in [-0.4, -0.2) is 61.8 Å². The number of hydrogen-bond donors (Lipinski definition) is 2. The lowest BCUT2D eigenvalue weighted by atomic mass is 10.0. The minimum atomic E-state index is -0.349. The van der Waals surface area contributed by atoms with Gasteiger partial charge in [-0.05, 0) is 51.0 Å². The summed E-state index contributed by atoms with van der Waals surface area (Å²) in [6.07, 6.45) is 6.51. The van der Waals surface area contributed by atoms with Crippen LogP contribution in [0.4, 0.5) is 17.3 Å². The monoisotopic (exact) mass is 605 g/mol. The summed E-state index contributed by atoms with van der Waals surface area (Å²) in [6.45, 7) is 7.40. The number of benzene rings is 1. The Hall–Kier alpha value is -3.90. The van der Waals surface area contributed by atoms with E-state index in [0.29, 0.717) is 22.5 Å². The Morgan fingerprint density at radius 3 is 2.50 bits per heavy atom. The summed E-state index contributed by atoms with van der Waals surface area (Å²) in [4.78, 5) is 49.2. The number of aryl methyl sites for hydroxylation is 2. The zero-order valence-electron chi connectivity index (χ0n) is 24.1. The molecule has 1 amide bonds. The fourth-order valence-corrected chi connectivity index (χ4v) is 6.50. The van der Waals surface area contributed by atoms with Crippen LogP contribution in [0.3, 0.4) is 0 Å². The molecule has 4 aromatic rings. The minimum Gasteiger partial charge on any atom is -0.377 e. The molecular formula is C29H32ClN9O2S. The van der Waals surface area contributed by atoms with Gasteiger partial charge in [-0.3, -0.25) is 18.9 Å². The van der Waals surface area contributed by atoms with Crippen molar-refractivity contribution in [3.05, 3.63) is 74.8 Å². The molecule has 2 aliphatic heterocycles. The molecule has 6 rings (SSSR count). The average molecular weight is 606 g/mol. The van der Waals surface area contributed by atoms with Crippen molar-refractivity contribution in [1.29, 1.82) is 0 Å². The van der Waals surface area contributed by atoms with Gasteiger partial charge in [0, 0.05) is 38.0 Å². The Morgan fingerprint density at radius 2 is 1.81 bits per heavy atom. The largest absolute Gasteiger partial charge is 0.377 e. The van der Waals surface area contributed by atoms with Crippen molar-refractivity contribution in [2.24, 2.45) is 7.05 Å². The third kappa shape index (κ3) is 5.02. The number of carbonyl (C=O) groups excluding carboxylic acids is 1. The summed E-state index contributed by atoms with van der Waals surface area (Å²) in [5.41, 5.74) is 4.11. The smallest absolute Gasteiger partial charge is 0.281 e. The molecule has 11 nitrogen and oxygen atoms in total. The van der Waals surface area contributed by atoms with Gasteiger partial charge in [0.2, 0.25) is 5.95 Å². The fourth-order valence-electron chi connectivity index (χ4n) is 6.07. The van der Waals surface area contributed by atoms with Gasteiger partial charge in [-0.2, -0.15) is 0 Å². The number of carbonyl (C=O) groups is 1. The van der Waals surface area contributed by atoms with Crippen molar-refractivity contribution in [2.45, 2.75) is 45.3 Å². The number of anilines is 3. The van der Waals surface area contributed by atoms with Crippen molar-refractivity contribution >= 4 is 57.7 Å². The number of aromatic nitrogens is 5. The van der Waals surface area contributed by atoms with Crippen LogP contribution < -0.4 is 25.4 Å². The molecular weight excluding hydrogens is 574 g/mol. The van der Waals surface area contributed by atoms with Gasteiger partial charge in [0.15, 0.2) is 5.69 Å². The van der Waals surface area contributed by atoms with E-state index in [0.717, 1.165) is 42.1 Å². The molecule has 13 heteroatoms. The Morgan fingerprint density at radius 1 is 1.10 bits per heavy atom. The number of fused-ring (bicyclic) bond motifs is 3. The van der Waals surface area contributed by atoms with E-state index < -0.39 is 0 Å². The van der Waals surface area contributed by atoms with E-state index in [-0.39, 0.29) is 40.4 Å². The normalized spacial score (nSPS) is 18.5. The van der Waals surface area contributed by atoms with Gasteiger partial charge in [0.1, 0.15) is 11.0 Å². The molecule has 5 heterocycles. The van der Waals surface area contributed by atoms with Crippen molar-refractivity contribution in [1.82, 2.24) is 29.2 Å². The summed E-state index contributed by atoms with van der Waals surface area (Å²) in [5.74, 6) is 1.06. The van der Waals surface area contributed by atoms with Crippen LogP contribution in [0.1, 0.15) is 46.8 Å². The van der Waals surface area contributed by atoms with Crippen LogP contribution in [0.2, 0.25) is 5.15 Å². The Bertz CT molecular complexity index is 1750. The third-order valence-electron chi connectivity index (χ3n) is 8.04. The highest BCUT2D eigenvalue weighted by Crippen LogP contribution is 2.37. The first-order valence-electron chi connectivity index (χ1n) is 13.7. The highest BCUT2D eigenvalue weighted by Gasteiger charge is 2.45. The summed E-state index contributed by atoms with van der Waals surface area (Å²) in [7, 11) is 1.79. The molecule has 2 bridgehead atoms. The number of pyridine rings is 1. The van der Waals surface area contributed by atoms with Gasteiger partial charge in [0.25, 0.3) is 11.5 Å². The highest BCUT2D eigenvalue weighted by molar-refractivity contribution is 7.97. The first-order chi connectivity index (χ1) is 20.1. The standard InChI is InChI=1S/C29H32ClN9O2S/c1-15-8-21(16(2)33-23-6-7-24(30)34-26(23)27(40)36-42-5)25-22(9-15)28(41)37(4)29(35-25)39-14-18-10-19(39)13-38(18)20-11-31-17(3)32-12-20/h6-9,11-12,16,18-19,33H,10,13-14H2,1-5H3,(H,36,40). The predicted molar refractivity (Wildman–Crippen MR) is 168 cm³/mol. The van der Waals surface area contributed by atoms with Gasteiger partial charge >= 0.3 is 0 Å². The quantitative estimate of drug-likeness (QED) is 0.236. The minimum absolute atomic E-state index is 0.0908. The molecule has 3 atom stereocenters. The summed E-state index contributed by atoms with van der Waals surface area (Å²) in [6, 6.07) is 7.52. The molecule has 2 aliphatic rings. The number of hydrogen-bond acceptors (Lipinski definition) is 10. The van der Waals surface area contributed by atoms with E-state index in [1.807, 2.05) is 45.3 Å². The molecule has 0 saturated carbocycles. The topological polar surface area (TPSA) is 121 Å². The Kier molecular flexibility index (Phi) is 7.44. The second-order valence-electron chi connectivity index (χ2n) is 10.9. The number of nitrogens with zero attached hydrogens (tertiary/aromatic N) is 7. The number of piperazine rings is 1. The number of rotatable bonds is 7. The van der Waals surface area contributed by atoms with Crippen molar-refractivity contribution in [3.63, 3.8) is 0 Å². The molecule has 0 aliphatic carbocycles. The number of amides is 1. The van der Waals surface area contributed by atoms with E-state index in [9.17, 15) is 9.59 Å². The van der Waals surface area contributed by atoms with E-state index in [2.05, 4.69) is 34.8 Å². The second kappa shape index (κ2) is 11.1. The van der Waals surface area contributed by atoms with Crippen LogP contribution in [0.15, 0.2) is 41.5 Å². The summed E-state index contributed by atoms with van der Waals surface area (Å²) in [5, 5.41) is 4.20. The van der Waals surface area contributed by atoms with Gasteiger partial charge in [-0.1, -0.05) is 29.6 Å². The van der Waals surface area contributed by atoms with Crippen LogP contribution in [0, 0.1) is 13.8 Å². The molecule has 3 aromatic heterocycles. The molecule has 2 saturated heterocycles. The maximum Gasteiger partial charge on any atom is 0.281 e. The first-order valence-corrected chi connectivity index (χ1v) is 15.3. The van der Waals surface area contributed by atoms with Crippen molar-refractivity contribution in [2.75, 3.05) is 34.5 Å². The third-order valence-corrected chi connectivity index (χ3v) is 8.64. The lowest BCUT2D eigenvalue weighted by Gasteiger charge is -2.36. The maximum absolute atomic E-state index is 13.7. The van der Waals surface area contributed by atoms with Crippen LogP contribution in [-0.2, 0) is 7.05 Å². The van der Waals surface area contributed by atoms with E-state index >= 15 is 0 Å². The summed E-state index contributed by atoms with van der Waals surface area (Å²) >= 11 is 7.30. The Labute approximate surface area is 252 Å². The van der Waals surface area contributed by atoms with E-state index in [1.54, 1.807) is 30.0 Å². The van der Waals surface area contributed by atoms with Gasteiger partial charge in [0.05, 0.1) is 46.8 Å². The SMILES string of the molecule is CSNC(=O)c1nc(Cl)ccc1NC(C)c1cc(C)cc2c(=O)n(C)c(N3CC4CC3CN4c3cnc(C)nc3)nc12. The van der Waals surface area contributed by atoms with Crippen molar-refractivity contribution in [3.8, 4) is 0 Å². The predicted octanol–water partition coefficient (Wildman–Crippen LogP) is 4.04. The second-order valence-corrected chi connectivity index (χ2v) is 11.9. The lowest BCUT2D eigenvalue weighted by Crippen LogP contribution is -2.48. The molecule has 2 fully saturated rings. The van der Waals surface area contributed by atoms with Crippen LogP contribution >= 0.6 is 23.5 Å². The van der Waals surface area contributed by atoms with Gasteiger partial charge in [-0.15, -0.1) is 0 Å². The first kappa shape index (κ1) is 28.2. The fraction of sp³-hybridized carbons (Fsp3) is 0.379. The van der Waals surface area contributed by atoms with Crippen LogP contribution in [0.5, 0.6) is 0 Å². The molecule has 0 spiro atoms. The van der Waals surface area contributed by atoms with Gasteiger partial charge in [-0.25, -0.2) is 19.9 Å². The molecule has 1 aromatic carbocycles. The highest BCUT2D eigenvalue weighted by atomic mass is 35.5. The average Bonchev–Trinajstić information content (AvgIpc) is 3.58. The zero-order chi connectivity index (χ0) is 29.7. The van der Waals surface area contributed by atoms with E-state index in [4.69, 9.17) is 16.6 Å². The van der Waals surface area contributed by atoms with Crippen molar-refractivity contribution < 1.29 is 4.79 Å². The van der Waals surface area contributed by atoms with E-state index in [1.165, 1.54) is 11.9 Å². The molecule has 2 N–H and O–H groups in total. The molecule has 0 radical (unpaired) electrons. The number of halogens is 1. The molecule has 218 valence electrons. The Balaban J connectivity index is 1.35. The number of nitrogens with one attached hydrogen (secondary N) is 2. The molecule has 3 unspecified atom stereocenters. The van der Waals surface area contributed by atoms with Gasteiger partial charge < -0.3 is 15.1 Å².